The lowest BCUT2D eigenvalue weighted by molar-refractivity contribution is -0.154. The van der Waals surface area contributed by atoms with Crippen LogP contribution in [0, 0.1) is 0 Å². The van der Waals surface area contributed by atoms with Crippen molar-refractivity contribution in [3.05, 3.63) is 71.8 Å². The summed E-state index contributed by atoms with van der Waals surface area (Å²) in [6, 6.07) is 17.8. The number of fused-ring (bicyclic) bond motifs is 1. The van der Waals surface area contributed by atoms with Gasteiger partial charge in [-0.1, -0.05) is 48.5 Å². The summed E-state index contributed by atoms with van der Waals surface area (Å²) in [6.07, 6.45) is -0.124. The van der Waals surface area contributed by atoms with Gasteiger partial charge >= 0.3 is 5.97 Å². The molecule has 6 heteroatoms. The van der Waals surface area contributed by atoms with E-state index in [0.29, 0.717) is 18.5 Å². The zero-order valence-corrected chi connectivity index (χ0v) is 14.8. The minimum atomic E-state index is -0.552. The Bertz CT molecular complexity index is 853. The van der Waals surface area contributed by atoms with Crippen LogP contribution in [-0.2, 0) is 20.9 Å². The van der Waals surface area contributed by atoms with Gasteiger partial charge in [-0.05, 0) is 17.7 Å². The first-order chi connectivity index (χ1) is 13.1. The summed E-state index contributed by atoms with van der Waals surface area (Å²) < 4.78 is 5.54. The first-order valence-electron chi connectivity index (χ1n) is 9.00. The molecule has 0 N–H and O–H groups in total. The molecule has 2 saturated heterocycles. The van der Waals surface area contributed by atoms with Crippen molar-refractivity contribution in [2.45, 2.75) is 25.1 Å². The summed E-state index contributed by atoms with van der Waals surface area (Å²) in [4.78, 5) is 40.8. The van der Waals surface area contributed by atoms with Crippen molar-refractivity contribution in [1.82, 2.24) is 9.80 Å². The Morgan fingerprint density at radius 3 is 2.37 bits per heavy atom. The van der Waals surface area contributed by atoms with Gasteiger partial charge in [-0.15, -0.1) is 0 Å². The molecule has 0 bridgehead atoms. The molecular formula is C21H20N2O4. The number of carbonyl (C=O) groups excluding carboxylic acids is 3. The van der Waals surface area contributed by atoms with Crippen LogP contribution in [0.15, 0.2) is 60.7 Å². The minimum absolute atomic E-state index is 0.0591. The first kappa shape index (κ1) is 17.3. The minimum Gasteiger partial charge on any atom is -0.457 e. The molecule has 2 fully saturated rings. The van der Waals surface area contributed by atoms with Crippen molar-refractivity contribution in [3.8, 4) is 0 Å². The van der Waals surface area contributed by atoms with E-state index in [-0.39, 0.29) is 24.9 Å². The van der Waals surface area contributed by atoms with Crippen LogP contribution in [0.1, 0.15) is 22.3 Å². The normalized spacial score (nSPS) is 21.9. The highest BCUT2D eigenvalue weighted by Gasteiger charge is 2.46. The Kier molecular flexibility index (Phi) is 4.62. The lowest BCUT2D eigenvalue weighted by Crippen LogP contribution is -2.56. The maximum atomic E-state index is 12.8. The Balaban J connectivity index is 1.43. The van der Waals surface area contributed by atoms with Gasteiger partial charge in [0.15, 0.2) is 0 Å². The fourth-order valence-electron chi connectivity index (χ4n) is 3.67. The number of ether oxygens (including phenoxy) is 1. The van der Waals surface area contributed by atoms with E-state index in [0.717, 1.165) is 5.56 Å². The topological polar surface area (TPSA) is 66.9 Å². The first-order valence-corrected chi connectivity index (χ1v) is 9.00. The van der Waals surface area contributed by atoms with Gasteiger partial charge in [0.25, 0.3) is 0 Å². The molecule has 2 aliphatic rings. The van der Waals surface area contributed by atoms with Crippen LogP contribution in [-0.4, -0.2) is 52.8 Å². The summed E-state index contributed by atoms with van der Waals surface area (Å²) in [5, 5.41) is 0. The van der Waals surface area contributed by atoms with Crippen molar-refractivity contribution in [1.29, 1.82) is 0 Å². The summed E-state index contributed by atoms with van der Waals surface area (Å²) in [6.45, 7) is 0.737. The van der Waals surface area contributed by atoms with Crippen LogP contribution in [0.5, 0.6) is 0 Å². The highest BCUT2D eigenvalue weighted by Crippen LogP contribution is 2.27. The maximum absolute atomic E-state index is 12.8. The Labute approximate surface area is 157 Å². The molecule has 0 spiro atoms. The molecule has 138 valence electrons. The smallest absolute Gasteiger partial charge is 0.338 e. The van der Waals surface area contributed by atoms with Crippen LogP contribution < -0.4 is 0 Å². The van der Waals surface area contributed by atoms with Crippen LogP contribution >= 0.6 is 0 Å². The SMILES string of the molecule is O=C(O[C@@H]1C[C@H]2C(=O)N(Cc3ccccc3)CC(=O)N2C1)c1ccccc1. The molecule has 0 aliphatic carbocycles. The molecule has 6 nitrogen and oxygen atoms in total. The van der Waals surface area contributed by atoms with Gasteiger partial charge in [0.2, 0.25) is 11.8 Å². The highest BCUT2D eigenvalue weighted by atomic mass is 16.5. The second-order valence-electron chi connectivity index (χ2n) is 6.87. The standard InChI is InChI=1S/C21H20N2O4/c24-19-14-22(12-15-7-3-1-4-8-15)20(25)18-11-17(13-23(18)19)27-21(26)16-9-5-2-6-10-16/h1-10,17-18H,11-14H2/t17-,18+/m1/s1. The number of piperazine rings is 1. The van der Waals surface area contributed by atoms with Gasteiger partial charge in [-0.25, -0.2) is 4.79 Å². The third kappa shape index (κ3) is 3.56. The van der Waals surface area contributed by atoms with Gasteiger partial charge in [-0.3, -0.25) is 9.59 Å². The molecule has 2 heterocycles. The molecule has 2 aromatic carbocycles. The molecule has 0 radical (unpaired) electrons. The van der Waals surface area contributed by atoms with Crippen LogP contribution in [0.4, 0.5) is 0 Å². The molecule has 27 heavy (non-hydrogen) atoms. The second-order valence-corrected chi connectivity index (χ2v) is 6.87. The summed E-state index contributed by atoms with van der Waals surface area (Å²) in [7, 11) is 0. The van der Waals surface area contributed by atoms with E-state index in [4.69, 9.17) is 4.74 Å². The van der Waals surface area contributed by atoms with Crippen molar-refractivity contribution in [3.63, 3.8) is 0 Å². The van der Waals surface area contributed by atoms with Crippen molar-refractivity contribution >= 4 is 17.8 Å². The molecule has 2 amide bonds. The van der Waals surface area contributed by atoms with Crippen molar-refractivity contribution < 1.29 is 19.1 Å². The average Bonchev–Trinajstić information content (AvgIpc) is 3.12. The molecule has 2 aliphatic heterocycles. The molecule has 0 unspecified atom stereocenters. The van der Waals surface area contributed by atoms with Gasteiger partial charge < -0.3 is 14.5 Å². The number of nitrogens with zero attached hydrogens (tertiary/aromatic N) is 2. The molecule has 4 rings (SSSR count). The molecule has 0 aromatic heterocycles. The van der Waals surface area contributed by atoms with E-state index >= 15 is 0 Å². The Hall–Kier alpha value is -3.15. The number of hydrogen-bond acceptors (Lipinski definition) is 4. The van der Waals surface area contributed by atoms with Gasteiger partial charge in [0.1, 0.15) is 18.7 Å². The largest absolute Gasteiger partial charge is 0.457 e. The predicted octanol–water partition coefficient (Wildman–Crippen LogP) is 1.86. The van der Waals surface area contributed by atoms with E-state index in [1.165, 1.54) is 0 Å². The molecular weight excluding hydrogens is 344 g/mol. The molecule has 2 atom stereocenters. The lowest BCUT2D eigenvalue weighted by atomic mass is 10.1. The zero-order chi connectivity index (χ0) is 18.8. The summed E-state index contributed by atoms with van der Waals surface area (Å²) in [5.74, 6) is -0.619. The zero-order valence-electron chi connectivity index (χ0n) is 14.8. The van der Waals surface area contributed by atoms with Gasteiger partial charge in [-0.2, -0.15) is 0 Å². The quantitative estimate of drug-likeness (QED) is 0.777. The van der Waals surface area contributed by atoms with Crippen LogP contribution in [0.25, 0.3) is 0 Å². The number of benzene rings is 2. The van der Waals surface area contributed by atoms with Crippen molar-refractivity contribution in [2.24, 2.45) is 0 Å². The predicted molar refractivity (Wildman–Crippen MR) is 97.6 cm³/mol. The Morgan fingerprint density at radius 2 is 1.67 bits per heavy atom. The maximum Gasteiger partial charge on any atom is 0.338 e. The number of rotatable bonds is 4. The van der Waals surface area contributed by atoms with E-state index in [1.54, 1.807) is 34.1 Å². The van der Waals surface area contributed by atoms with E-state index < -0.39 is 18.1 Å². The van der Waals surface area contributed by atoms with E-state index in [2.05, 4.69) is 0 Å². The fourth-order valence-corrected chi connectivity index (χ4v) is 3.67. The monoisotopic (exact) mass is 364 g/mol. The summed E-state index contributed by atoms with van der Waals surface area (Å²) in [5.41, 5.74) is 1.45. The van der Waals surface area contributed by atoms with Crippen LogP contribution in [0.3, 0.4) is 0 Å². The van der Waals surface area contributed by atoms with Gasteiger partial charge in [0.05, 0.1) is 12.1 Å². The Morgan fingerprint density at radius 1 is 1.00 bits per heavy atom. The van der Waals surface area contributed by atoms with Crippen molar-refractivity contribution in [2.75, 3.05) is 13.1 Å². The summed E-state index contributed by atoms with van der Waals surface area (Å²) >= 11 is 0. The van der Waals surface area contributed by atoms with Crippen LogP contribution in [0.2, 0.25) is 0 Å². The molecule has 0 saturated carbocycles. The number of esters is 1. The lowest BCUT2D eigenvalue weighted by Gasteiger charge is -2.36. The number of hydrogen-bond donors (Lipinski definition) is 0. The van der Waals surface area contributed by atoms with Gasteiger partial charge in [0, 0.05) is 13.0 Å². The second kappa shape index (κ2) is 7.23. The van der Waals surface area contributed by atoms with E-state index in [9.17, 15) is 14.4 Å². The third-order valence-electron chi connectivity index (χ3n) is 5.01. The van der Waals surface area contributed by atoms with E-state index in [1.807, 2.05) is 36.4 Å². The number of amides is 2. The molecule has 2 aromatic rings. The fraction of sp³-hybridized carbons (Fsp3) is 0.286. The third-order valence-corrected chi connectivity index (χ3v) is 5.01. The average molecular weight is 364 g/mol. The number of carbonyl (C=O) groups is 3. The highest BCUT2D eigenvalue weighted by molar-refractivity contribution is 5.95.